The van der Waals surface area contributed by atoms with Crippen LogP contribution in [-0.2, 0) is 38.1 Å². The summed E-state index contributed by atoms with van der Waals surface area (Å²) in [5.41, 5.74) is 2.04. The summed E-state index contributed by atoms with van der Waals surface area (Å²) >= 11 is 0. The third-order valence-electron chi connectivity index (χ3n) is 9.56. The van der Waals surface area contributed by atoms with E-state index in [4.69, 9.17) is 23.6 Å². The summed E-state index contributed by atoms with van der Waals surface area (Å²) in [6, 6.07) is 5.03. The van der Waals surface area contributed by atoms with E-state index in [1.54, 1.807) is 37.1 Å². The number of aliphatic hydroxyl groups excluding tert-OH is 3. The van der Waals surface area contributed by atoms with Gasteiger partial charge >= 0.3 is 17.9 Å². The summed E-state index contributed by atoms with van der Waals surface area (Å²) in [7, 11) is 4.66. The van der Waals surface area contributed by atoms with Crippen LogP contribution in [0.1, 0.15) is 82.5 Å². The van der Waals surface area contributed by atoms with E-state index in [2.05, 4.69) is 10.3 Å². The summed E-state index contributed by atoms with van der Waals surface area (Å²) < 4.78 is 26.4. The first kappa shape index (κ1) is 44.0. The lowest BCUT2D eigenvalue weighted by Crippen LogP contribution is -2.58. The zero-order valence-corrected chi connectivity index (χ0v) is 33.0. The zero-order chi connectivity index (χ0) is 40.1. The largest absolute Gasteiger partial charge is 0.465 e. The maximum atomic E-state index is 13.0. The van der Waals surface area contributed by atoms with E-state index in [1.165, 1.54) is 28.5 Å². The van der Waals surface area contributed by atoms with Gasteiger partial charge in [0.1, 0.15) is 54.7 Å². The molecule has 1 aromatic heterocycles. The smallest absolute Gasteiger partial charge is 0.326 e. The lowest BCUT2D eigenvalue weighted by molar-refractivity contribution is -0.227. The number of nitrogens with zero attached hydrogens (tertiary/aromatic N) is 4. The Bertz CT molecular complexity index is 1650. The molecule has 2 heterocycles. The summed E-state index contributed by atoms with van der Waals surface area (Å²) in [5, 5.41) is 37.6. The van der Waals surface area contributed by atoms with Crippen LogP contribution in [0.4, 0.5) is 0 Å². The van der Waals surface area contributed by atoms with E-state index in [0.717, 1.165) is 10.7 Å². The van der Waals surface area contributed by atoms with Crippen LogP contribution in [0, 0.1) is 0 Å². The van der Waals surface area contributed by atoms with Gasteiger partial charge in [-0.1, -0.05) is 28.5 Å². The van der Waals surface area contributed by atoms with Crippen LogP contribution in [0.25, 0.3) is 11.0 Å². The van der Waals surface area contributed by atoms with Crippen LogP contribution in [-0.4, -0.2) is 141 Å². The Morgan fingerprint density at radius 1 is 0.945 bits per heavy atom. The van der Waals surface area contributed by atoms with Gasteiger partial charge in [0.15, 0.2) is 0 Å². The van der Waals surface area contributed by atoms with Gasteiger partial charge in [-0.05, 0) is 74.5 Å². The number of ether oxygens (including phenoxy) is 4. The first-order chi connectivity index (χ1) is 26.3. The Labute approximate surface area is 326 Å². The lowest BCUT2D eigenvalue weighted by Gasteiger charge is -2.39. The Morgan fingerprint density at radius 3 is 2.36 bits per heavy atom. The summed E-state index contributed by atoms with van der Waals surface area (Å²) in [4.78, 5) is 66.2. The number of benzene rings is 1. The molecule has 1 aliphatic carbocycles. The van der Waals surface area contributed by atoms with E-state index < -0.39 is 61.6 Å². The molecule has 55 heavy (non-hydrogen) atoms. The third-order valence-corrected chi connectivity index (χ3v) is 12.3. The molecule has 17 nitrogen and oxygen atoms in total. The number of carbonyl (C=O) groups excluding carboxylic acids is 5. The van der Waals surface area contributed by atoms with E-state index in [9.17, 15) is 39.3 Å². The highest BCUT2D eigenvalue weighted by atomic mass is 33.1. The molecule has 2 aromatic rings. The van der Waals surface area contributed by atoms with Gasteiger partial charge in [-0.2, -0.15) is 0 Å². The summed E-state index contributed by atoms with van der Waals surface area (Å²) in [5.74, 6) is -1.05. The quantitative estimate of drug-likeness (QED) is 0.0802. The molecule has 1 saturated heterocycles. The van der Waals surface area contributed by atoms with E-state index >= 15 is 0 Å². The molecule has 0 radical (unpaired) electrons. The molecule has 5 unspecified atom stereocenters. The van der Waals surface area contributed by atoms with E-state index in [-0.39, 0.29) is 50.3 Å². The van der Waals surface area contributed by atoms with Gasteiger partial charge in [0, 0.05) is 54.3 Å². The number of esters is 3. The molecule has 1 aliphatic heterocycles. The fourth-order valence-electron chi connectivity index (χ4n) is 6.23. The van der Waals surface area contributed by atoms with Crippen LogP contribution in [0.5, 0.6) is 0 Å². The molecule has 1 saturated carbocycles. The second-order valence-electron chi connectivity index (χ2n) is 13.4. The maximum Gasteiger partial charge on any atom is 0.326 e. The van der Waals surface area contributed by atoms with Crippen LogP contribution < -0.4 is 0 Å². The average Bonchev–Trinajstić information content (AvgIpc) is 3.66. The van der Waals surface area contributed by atoms with Crippen molar-refractivity contribution in [1.82, 2.24) is 20.1 Å². The van der Waals surface area contributed by atoms with Crippen molar-refractivity contribution in [2.75, 3.05) is 32.6 Å². The number of aliphatic hydroxyl groups is 3. The molecule has 19 heteroatoms. The number of rotatable bonds is 19. The standard InChI is InChI=1S/C36H50N4O13S2/c1-5-54-55-29(21(2)40(20-41)18-32(44)50-19-28-34(46)35(47)33(45)22(3)51-28)15-16-49-30(42)7-6-8-31(43)52-25-12-10-24(11-13-25)39(4)36(48)23-9-14-26-27(17-23)38-53-37-26/h9,14,17,20,22,24-25,28,33-35,45-47H,5-8,10-13,15-16,18-19H2,1-4H3/b29-21-/t22?,24-,25-,28?,33?,34?,35?. The number of hydrogen-bond donors (Lipinski definition) is 3. The van der Waals surface area contributed by atoms with Gasteiger partial charge in [-0.3, -0.25) is 24.0 Å². The van der Waals surface area contributed by atoms with Crippen LogP contribution >= 0.6 is 21.6 Å². The topological polar surface area (TPSA) is 228 Å². The molecule has 0 bridgehead atoms. The molecule has 1 aromatic carbocycles. The Kier molecular flexibility index (Phi) is 17.2. The SMILES string of the molecule is CCSS/C(CCOC(=O)CCCC(=O)O[C@H]1CC[C@H](N(C)C(=O)c2ccc3nonc3c2)CC1)=C(/C)N(C=O)CC(=O)OCC1OC(C)C(O)C(O)C1O. The van der Waals surface area contributed by atoms with Crippen molar-refractivity contribution >= 4 is 62.8 Å². The van der Waals surface area contributed by atoms with Gasteiger partial charge in [-0.15, -0.1) is 0 Å². The minimum absolute atomic E-state index is 0.000231. The fourth-order valence-corrected chi connectivity index (χ4v) is 8.29. The van der Waals surface area contributed by atoms with Crippen molar-refractivity contribution in [2.45, 2.75) is 115 Å². The molecule has 2 amide bonds. The van der Waals surface area contributed by atoms with Crippen molar-refractivity contribution in [3.8, 4) is 0 Å². The number of hydrogen-bond acceptors (Lipinski definition) is 17. The van der Waals surface area contributed by atoms with Crippen molar-refractivity contribution in [3.63, 3.8) is 0 Å². The molecule has 0 spiro atoms. The Morgan fingerprint density at radius 2 is 1.65 bits per heavy atom. The van der Waals surface area contributed by atoms with E-state index in [0.29, 0.717) is 59.3 Å². The minimum atomic E-state index is -1.47. The number of fused-ring (bicyclic) bond motifs is 1. The minimum Gasteiger partial charge on any atom is -0.465 e. The highest BCUT2D eigenvalue weighted by molar-refractivity contribution is 8.78. The van der Waals surface area contributed by atoms with Crippen molar-refractivity contribution in [3.05, 3.63) is 34.4 Å². The average molecular weight is 811 g/mol. The molecule has 3 N–H and O–H groups in total. The third kappa shape index (κ3) is 12.6. The lowest BCUT2D eigenvalue weighted by atomic mass is 9.91. The monoisotopic (exact) mass is 810 g/mol. The molecule has 304 valence electrons. The number of carbonyl (C=O) groups is 5. The predicted molar refractivity (Wildman–Crippen MR) is 200 cm³/mol. The second kappa shape index (κ2) is 21.5. The Balaban J connectivity index is 1.14. The highest BCUT2D eigenvalue weighted by Crippen LogP contribution is 2.35. The molecule has 2 aliphatic rings. The molecular formula is C36H50N4O13S2. The van der Waals surface area contributed by atoms with Crippen molar-refractivity contribution in [2.24, 2.45) is 0 Å². The fraction of sp³-hybridized carbons (Fsp3) is 0.639. The second-order valence-corrected chi connectivity index (χ2v) is 16.1. The van der Waals surface area contributed by atoms with Crippen LogP contribution in [0.2, 0.25) is 0 Å². The number of allylic oxidation sites excluding steroid dienone is 1. The summed E-state index contributed by atoms with van der Waals surface area (Å²) in [6.45, 7) is 4.31. The van der Waals surface area contributed by atoms with Crippen molar-refractivity contribution < 1.29 is 62.9 Å². The van der Waals surface area contributed by atoms with Crippen LogP contribution in [0.3, 0.4) is 0 Å². The number of amides is 2. The van der Waals surface area contributed by atoms with Gasteiger partial charge in [0.05, 0.1) is 12.7 Å². The van der Waals surface area contributed by atoms with Crippen molar-refractivity contribution in [1.29, 1.82) is 0 Å². The normalized spacial score (nSPS) is 24.4. The Hall–Kier alpha value is -3.75. The van der Waals surface area contributed by atoms with Gasteiger partial charge in [0.25, 0.3) is 5.91 Å². The molecule has 2 fully saturated rings. The molecule has 4 rings (SSSR count). The predicted octanol–water partition coefficient (Wildman–Crippen LogP) is 2.76. The first-order valence-electron chi connectivity index (χ1n) is 18.2. The first-order valence-corrected chi connectivity index (χ1v) is 20.6. The van der Waals surface area contributed by atoms with Gasteiger partial charge in [-0.25, -0.2) is 4.63 Å². The van der Waals surface area contributed by atoms with Crippen LogP contribution in [0.15, 0.2) is 33.4 Å². The number of aromatic nitrogens is 2. The zero-order valence-electron chi connectivity index (χ0n) is 31.4. The molecule has 5 atom stereocenters. The van der Waals surface area contributed by atoms with E-state index in [1.807, 2.05) is 6.92 Å². The molecular weight excluding hydrogens is 761 g/mol. The van der Waals surface area contributed by atoms with Gasteiger partial charge in [0.2, 0.25) is 6.41 Å². The summed E-state index contributed by atoms with van der Waals surface area (Å²) in [6.07, 6.45) is -2.66. The maximum absolute atomic E-state index is 13.0. The highest BCUT2D eigenvalue weighted by Gasteiger charge is 2.42. The van der Waals surface area contributed by atoms with Gasteiger partial charge < -0.3 is 44.1 Å².